The van der Waals surface area contributed by atoms with E-state index in [1.54, 1.807) is 18.6 Å². The average molecular weight is 293 g/mol. The van der Waals surface area contributed by atoms with Crippen molar-refractivity contribution in [2.75, 3.05) is 5.32 Å². The summed E-state index contributed by atoms with van der Waals surface area (Å²) in [5.74, 6) is 0.826. The summed E-state index contributed by atoms with van der Waals surface area (Å²) >= 11 is 3.50. The van der Waals surface area contributed by atoms with Crippen LogP contribution in [-0.4, -0.2) is 15.0 Å². The van der Waals surface area contributed by atoms with Crippen molar-refractivity contribution in [3.8, 4) is 0 Å². The van der Waals surface area contributed by atoms with Crippen LogP contribution in [-0.2, 0) is 6.54 Å². The molecule has 0 atom stereocenters. The highest BCUT2D eigenvalue weighted by Gasteiger charge is 2.03. The van der Waals surface area contributed by atoms with Crippen LogP contribution in [0.4, 0.5) is 5.82 Å². The van der Waals surface area contributed by atoms with Gasteiger partial charge in [-0.25, -0.2) is 4.98 Å². The molecular formula is C12H13BrN4. The van der Waals surface area contributed by atoms with E-state index in [0.717, 1.165) is 27.2 Å². The third kappa shape index (κ3) is 3.00. The number of hydrogen-bond donors (Lipinski definition) is 1. The molecule has 4 nitrogen and oxygen atoms in total. The molecule has 2 rings (SSSR count). The smallest absolute Gasteiger partial charge is 0.140 e. The zero-order chi connectivity index (χ0) is 12.3. The van der Waals surface area contributed by atoms with E-state index in [-0.39, 0.29) is 0 Å². The zero-order valence-electron chi connectivity index (χ0n) is 9.74. The first-order chi connectivity index (χ1) is 8.16. The summed E-state index contributed by atoms with van der Waals surface area (Å²) in [6, 6.07) is 1.96. The molecule has 0 spiro atoms. The minimum atomic E-state index is 0.613. The minimum absolute atomic E-state index is 0.613. The van der Waals surface area contributed by atoms with Gasteiger partial charge >= 0.3 is 0 Å². The number of hydrogen-bond acceptors (Lipinski definition) is 4. The number of aromatic nitrogens is 3. The Hall–Kier alpha value is -1.49. The standard InChI is InChI=1S/C12H13BrN4/c1-8-3-4-14-12(11(8)13)17-7-10-6-15-9(2)5-16-10/h3-6H,7H2,1-2H3,(H,14,17). The van der Waals surface area contributed by atoms with Gasteiger partial charge in [0.05, 0.1) is 28.6 Å². The van der Waals surface area contributed by atoms with Gasteiger partial charge in [-0.05, 0) is 41.4 Å². The van der Waals surface area contributed by atoms with Crippen molar-refractivity contribution < 1.29 is 0 Å². The number of pyridine rings is 1. The Morgan fingerprint density at radius 1 is 1.18 bits per heavy atom. The van der Waals surface area contributed by atoms with Crippen LogP contribution in [0, 0.1) is 13.8 Å². The Labute approximate surface area is 109 Å². The van der Waals surface area contributed by atoms with E-state index < -0.39 is 0 Å². The van der Waals surface area contributed by atoms with Gasteiger partial charge in [0.2, 0.25) is 0 Å². The van der Waals surface area contributed by atoms with Gasteiger partial charge in [-0.2, -0.15) is 0 Å². The Balaban J connectivity index is 2.07. The summed E-state index contributed by atoms with van der Waals surface area (Å²) in [7, 11) is 0. The maximum Gasteiger partial charge on any atom is 0.140 e. The monoisotopic (exact) mass is 292 g/mol. The van der Waals surface area contributed by atoms with Gasteiger partial charge in [0, 0.05) is 12.4 Å². The van der Waals surface area contributed by atoms with Crippen LogP contribution in [0.3, 0.4) is 0 Å². The second kappa shape index (κ2) is 5.23. The van der Waals surface area contributed by atoms with Crippen LogP contribution in [0.2, 0.25) is 0 Å². The first kappa shape index (κ1) is 12.0. The molecule has 0 bridgehead atoms. The molecular weight excluding hydrogens is 280 g/mol. The largest absolute Gasteiger partial charge is 0.363 e. The number of nitrogens with one attached hydrogen (secondary N) is 1. The van der Waals surface area contributed by atoms with Crippen LogP contribution >= 0.6 is 15.9 Å². The molecule has 5 heteroatoms. The molecule has 2 aromatic heterocycles. The normalized spacial score (nSPS) is 10.3. The molecule has 0 unspecified atom stereocenters. The molecule has 0 aliphatic heterocycles. The lowest BCUT2D eigenvalue weighted by Crippen LogP contribution is -2.05. The van der Waals surface area contributed by atoms with Crippen molar-refractivity contribution in [1.29, 1.82) is 0 Å². The lowest BCUT2D eigenvalue weighted by molar-refractivity contribution is 0.974. The van der Waals surface area contributed by atoms with Crippen LogP contribution < -0.4 is 5.32 Å². The molecule has 0 aromatic carbocycles. The second-order valence-corrected chi connectivity index (χ2v) is 4.59. The Kier molecular flexibility index (Phi) is 3.68. The Bertz CT molecular complexity index is 510. The summed E-state index contributed by atoms with van der Waals surface area (Å²) in [5.41, 5.74) is 2.96. The number of anilines is 1. The molecule has 88 valence electrons. The number of aryl methyl sites for hydroxylation is 2. The highest BCUT2D eigenvalue weighted by Crippen LogP contribution is 2.23. The van der Waals surface area contributed by atoms with Crippen molar-refractivity contribution in [3.05, 3.63) is 46.1 Å². The van der Waals surface area contributed by atoms with Gasteiger partial charge in [-0.3, -0.25) is 9.97 Å². The van der Waals surface area contributed by atoms with E-state index in [4.69, 9.17) is 0 Å². The molecule has 0 amide bonds. The number of halogens is 1. The summed E-state index contributed by atoms with van der Waals surface area (Å²) in [5, 5.41) is 3.23. The van der Waals surface area contributed by atoms with Crippen LogP contribution in [0.25, 0.3) is 0 Å². The van der Waals surface area contributed by atoms with Crippen molar-refractivity contribution in [1.82, 2.24) is 15.0 Å². The van der Waals surface area contributed by atoms with Crippen molar-refractivity contribution in [2.24, 2.45) is 0 Å². The fraction of sp³-hybridized carbons (Fsp3) is 0.250. The molecule has 0 aliphatic rings. The molecule has 0 saturated carbocycles. The van der Waals surface area contributed by atoms with E-state index in [9.17, 15) is 0 Å². The van der Waals surface area contributed by atoms with E-state index in [1.165, 1.54) is 0 Å². The van der Waals surface area contributed by atoms with Gasteiger partial charge in [-0.1, -0.05) is 0 Å². The fourth-order valence-electron chi connectivity index (χ4n) is 1.35. The van der Waals surface area contributed by atoms with Crippen molar-refractivity contribution in [3.63, 3.8) is 0 Å². The quantitative estimate of drug-likeness (QED) is 0.945. The maximum atomic E-state index is 4.28. The topological polar surface area (TPSA) is 50.7 Å². The molecule has 0 fully saturated rings. The third-order valence-electron chi connectivity index (χ3n) is 2.35. The summed E-state index contributed by atoms with van der Waals surface area (Å²) in [4.78, 5) is 12.7. The second-order valence-electron chi connectivity index (χ2n) is 3.79. The van der Waals surface area contributed by atoms with E-state index in [0.29, 0.717) is 6.54 Å². The lowest BCUT2D eigenvalue weighted by Gasteiger charge is -2.08. The third-order valence-corrected chi connectivity index (χ3v) is 3.35. The van der Waals surface area contributed by atoms with Gasteiger partial charge in [0.15, 0.2) is 0 Å². The molecule has 0 aliphatic carbocycles. The van der Waals surface area contributed by atoms with Gasteiger partial charge < -0.3 is 5.32 Å². The van der Waals surface area contributed by atoms with Crippen molar-refractivity contribution in [2.45, 2.75) is 20.4 Å². The highest BCUT2D eigenvalue weighted by atomic mass is 79.9. The van der Waals surface area contributed by atoms with Crippen molar-refractivity contribution >= 4 is 21.7 Å². The number of rotatable bonds is 3. The molecule has 1 N–H and O–H groups in total. The van der Waals surface area contributed by atoms with Crippen LogP contribution in [0.15, 0.2) is 29.1 Å². The molecule has 2 heterocycles. The minimum Gasteiger partial charge on any atom is -0.363 e. The van der Waals surface area contributed by atoms with Gasteiger partial charge in [-0.15, -0.1) is 0 Å². The summed E-state index contributed by atoms with van der Waals surface area (Å²) < 4.78 is 0.986. The van der Waals surface area contributed by atoms with Crippen LogP contribution in [0.5, 0.6) is 0 Å². The maximum absolute atomic E-state index is 4.28. The predicted octanol–water partition coefficient (Wildman–Crippen LogP) is 2.86. The summed E-state index contributed by atoms with van der Waals surface area (Å²) in [6.45, 7) is 4.56. The fourth-order valence-corrected chi connectivity index (χ4v) is 1.72. The van der Waals surface area contributed by atoms with E-state index >= 15 is 0 Å². The lowest BCUT2D eigenvalue weighted by atomic mass is 10.3. The van der Waals surface area contributed by atoms with Gasteiger partial charge in [0.1, 0.15) is 5.82 Å². The molecule has 17 heavy (non-hydrogen) atoms. The Morgan fingerprint density at radius 3 is 2.71 bits per heavy atom. The predicted molar refractivity (Wildman–Crippen MR) is 70.8 cm³/mol. The molecule has 0 saturated heterocycles. The van der Waals surface area contributed by atoms with E-state index in [1.807, 2.05) is 19.9 Å². The highest BCUT2D eigenvalue weighted by molar-refractivity contribution is 9.10. The molecule has 0 radical (unpaired) electrons. The summed E-state index contributed by atoms with van der Waals surface area (Å²) in [6.07, 6.45) is 5.31. The number of nitrogens with zero attached hydrogens (tertiary/aromatic N) is 3. The van der Waals surface area contributed by atoms with E-state index in [2.05, 4.69) is 36.2 Å². The SMILES string of the molecule is Cc1cnc(CNc2nccc(C)c2Br)cn1. The average Bonchev–Trinajstić information content (AvgIpc) is 2.33. The van der Waals surface area contributed by atoms with Gasteiger partial charge in [0.25, 0.3) is 0 Å². The first-order valence-corrected chi connectivity index (χ1v) is 6.08. The zero-order valence-corrected chi connectivity index (χ0v) is 11.3. The first-order valence-electron chi connectivity index (χ1n) is 5.29. The van der Waals surface area contributed by atoms with Crippen LogP contribution in [0.1, 0.15) is 17.0 Å². The Morgan fingerprint density at radius 2 is 2.00 bits per heavy atom. The molecule has 2 aromatic rings.